The molecule has 2 atom stereocenters. The summed E-state index contributed by atoms with van der Waals surface area (Å²) < 4.78 is 44.5. The van der Waals surface area contributed by atoms with Gasteiger partial charge in [-0.1, -0.05) is 60.7 Å². The van der Waals surface area contributed by atoms with E-state index in [9.17, 15) is 18.0 Å². The first-order valence-electron chi connectivity index (χ1n) is 11.1. The average Bonchev–Trinajstić information content (AvgIpc) is 2.81. The van der Waals surface area contributed by atoms with Crippen molar-refractivity contribution in [1.29, 1.82) is 0 Å². The van der Waals surface area contributed by atoms with E-state index in [1.165, 1.54) is 22.4 Å². The van der Waals surface area contributed by atoms with Gasteiger partial charge in [0.25, 0.3) is 0 Å². The fourth-order valence-electron chi connectivity index (χ4n) is 4.23. The molecule has 4 rings (SSSR count). The highest BCUT2D eigenvalue weighted by Crippen LogP contribution is 2.29. The quantitative estimate of drug-likeness (QED) is 0.545. The number of hydrogen-bond acceptors (Lipinski definition) is 3. The number of carbonyl (C=O) groups excluding carboxylic acids is 1. The lowest BCUT2D eigenvalue weighted by atomic mass is 9.99. The summed E-state index contributed by atoms with van der Waals surface area (Å²) in [6.45, 7) is 3.42. The molecule has 1 saturated heterocycles. The highest BCUT2D eigenvalue weighted by molar-refractivity contribution is 5.86. The lowest BCUT2D eigenvalue weighted by molar-refractivity contribution is -0.148. The molecule has 3 aromatic carbocycles. The molecule has 1 aliphatic rings. The van der Waals surface area contributed by atoms with Crippen molar-refractivity contribution in [2.45, 2.75) is 31.7 Å². The number of benzene rings is 3. The Bertz CT molecular complexity index is 1110. The molecule has 7 heteroatoms. The fourth-order valence-corrected chi connectivity index (χ4v) is 4.23. The van der Waals surface area contributed by atoms with E-state index in [0.717, 1.165) is 12.1 Å². The third kappa shape index (κ3) is 5.72. The summed E-state index contributed by atoms with van der Waals surface area (Å²) in [6.07, 6.45) is -4.19. The van der Waals surface area contributed by atoms with E-state index in [0.29, 0.717) is 31.6 Å². The van der Waals surface area contributed by atoms with Crippen molar-refractivity contribution >= 4 is 16.7 Å². The number of morpholine rings is 1. The topological polar surface area (TPSA) is 41.6 Å². The molecule has 4 nitrogen and oxygen atoms in total. The Balaban J connectivity index is 1.33. The van der Waals surface area contributed by atoms with E-state index in [1.54, 1.807) is 11.0 Å². The van der Waals surface area contributed by atoms with Crippen molar-refractivity contribution < 1.29 is 22.7 Å². The van der Waals surface area contributed by atoms with Crippen LogP contribution in [-0.2, 0) is 22.1 Å². The number of ether oxygens (including phenoxy) is 1. The first-order chi connectivity index (χ1) is 15.8. The fraction of sp³-hybridized carbons (Fsp3) is 0.346. The SMILES string of the molecule is C[C@@H](NCC1CN(CCc2cccc(C(F)(F)F)c2)C(=O)CO1)c1cccc2ccccc12. The van der Waals surface area contributed by atoms with Gasteiger partial charge in [-0.3, -0.25) is 4.79 Å². The number of hydrogen-bond donors (Lipinski definition) is 1. The molecule has 33 heavy (non-hydrogen) atoms. The minimum atomic E-state index is -4.37. The standard InChI is InChI=1S/C26H27F3N2O2/c1-18(23-11-5-8-20-7-2-3-10-24(20)23)30-15-22-16-31(25(32)17-33-22)13-12-19-6-4-9-21(14-19)26(27,28)29/h2-11,14,18,22,30H,12-13,15-17H2,1H3/t18-,22?/m1/s1. The van der Waals surface area contributed by atoms with Crippen LogP contribution >= 0.6 is 0 Å². The number of amides is 1. The van der Waals surface area contributed by atoms with E-state index in [-0.39, 0.29) is 24.7 Å². The van der Waals surface area contributed by atoms with Crippen LogP contribution in [0, 0.1) is 0 Å². The largest absolute Gasteiger partial charge is 0.416 e. The number of carbonyl (C=O) groups is 1. The molecular formula is C26H27F3N2O2. The molecule has 1 N–H and O–H groups in total. The molecule has 1 aliphatic heterocycles. The predicted octanol–water partition coefficient (Wildman–Crippen LogP) is 4.98. The van der Waals surface area contributed by atoms with Gasteiger partial charge in [-0.2, -0.15) is 13.2 Å². The molecule has 1 amide bonds. The predicted molar refractivity (Wildman–Crippen MR) is 122 cm³/mol. The van der Waals surface area contributed by atoms with Crippen LogP contribution in [0.15, 0.2) is 66.7 Å². The highest BCUT2D eigenvalue weighted by Gasteiger charge is 2.31. The average molecular weight is 457 g/mol. The van der Waals surface area contributed by atoms with Gasteiger partial charge in [0.1, 0.15) is 6.61 Å². The summed E-state index contributed by atoms with van der Waals surface area (Å²) in [6, 6.07) is 19.8. The second-order valence-electron chi connectivity index (χ2n) is 8.42. The van der Waals surface area contributed by atoms with E-state index in [2.05, 4.69) is 36.5 Å². The van der Waals surface area contributed by atoms with Crippen LogP contribution in [0.5, 0.6) is 0 Å². The van der Waals surface area contributed by atoms with E-state index in [4.69, 9.17) is 4.74 Å². The van der Waals surface area contributed by atoms with Gasteiger partial charge in [0.15, 0.2) is 0 Å². The Hall–Kier alpha value is -2.90. The van der Waals surface area contributed by atoms with E-state index < -0.39 is 11.7 Å². The maximum atomic E-state index is 12.9. The van der Waals surface area contributed by atoms with Crippen LogP contribution < -0.4 is 5.32 Å². The van der Waals surface area contributed by atoms with Crippen LogP contribution in [0.25, 0.3) is 10.8 Å². The third-order valence-corrected chi connectivity index (χ3v) is 6.09. The Kier molecular flexibility index (Phi) is 7.00. The number of halogens is 3. The summed E-state index contributed by atoms with van der Waals surface area (Å²) in [4.78, 5) is 14.0. The van der Waals surface area contributed by atoms with Gasteiger partial charge < -0.3 is 15.0 Å². The zero-order valence-electron chi connectivity index (χ0n) is 18.4. The number of fused-ring (bicyclic) bond motifs is 1. The van der Waals surface area contributed by atoms with Crippen molar-refractivity contribution in [3.8, 4) is 0 Å². The lowest BCUT2D eigenvalue weighted by Gasteiger charge is -2.33. The van der Waals surface area contributed by atoms with Crippen LogP contribution in [0.3, 0.4) is 0 Å². The van der Waals surface area contributed by atoms with Gasteiger partial charge in [0, 0.05) is 25.7 Å². The smallest absolute Gasteiger partial charge is 0.365 e. The molecule has 0 radical (unpaired) electrons. The normalized spacial score (nSPS) is 18.0. The summed E-state index contributed by atoms with van der Waals surface area (Å²) >= 11 is 0. The summed E-state index contributed by atoms with van der Waals surface area (Å²) in [5.74, 6) is -0.139. The van der Waals surface area contributed by atoms with E-state index in [1.807, 2.05) is 18.2 Å². The molecule has 0 saturated carbocycles. The van der Waals surface area contributed by atoms with Crippen molar-refractivity contribution in [2.75, 3.05) is 26.2 Å². The zero-order valence-corrected chi connectivity index (χ0v) is 18.4. The molecular weight excluding hydrogens is 429 g/mol. The molecule has 1 unspecified atom stereocenters. The van der Waals surface area contributed by atoms with Gasteiger partial charge in [-0.25, -0.2) is 0 Å². The number of nitrogens with one attached hydrogen (secondary N) is 1. The highest BCUT2D eigenvalue weighted by atomic mass is 19.4. The van der Waals surface area contributed by atoms with Crippen molar-refractivity contribution in [3.63, 3.8) is 0 Å². The Labute approximate surface area is 191 Å². The van der Waals surface area contributed by atoms with Crippen molar-refractivity contribution in [1.82, 2.24) is 10.2 Å². The number of nitrogens with zero attached hydrogens (tertiary/aromatic N) is 1. The summed E-state index contributed by atoms with van der Waals surface area (Å²) in [5.41, 5.74) is 1.09. The van der Waals surface area contributed by atoms with Gasteiger partial charge in [0.2, 0.25) is 5.91 Å². The Morgan fingerprint density at radius 3 is 2.67 bits per heavy atom. The minimum absolute atomic E-state index is 0.0163. The van der Waals surface area contributed by atoms with Gasteiger partial charge >= 0.3 is 6.18 Å². The molecule has 0 aliphatic carbocycles. The Morgan fingerprint density at radius 2 is 1.85 bits per heavy atom. The van der Waals surface area contributed by atoms with Gasteiger partial charge in [-0.05, 0) is 41.3 Å². The van der Waals surface area contributed by atoms with Crippen LogP contribution in [0.2, 0.25) is 0 Å². The molecule has 0 spiro atoms. The van der Waals surface area contributed by atoms with Crippen molar-refractivity contribution in [2.24, 2.45) is 0 Å². The van der Waals surface area contributed by atoms with Crippen molar-refractivity contribution in [3.05, 3.63) is 83.4 Å². The maximum Gasteiger partial charge on any atom is 0.416 e. The van der Waals surface area contributed by atoms with Gasteiger partial charge in [0.05, 0.1) is 11.7 Å². The zero-order chi connectivity index (χ0) is 23.4. The summed E-state index contributed by atoms with van der Waals surface area (Å²) in [5, 5.41) is 5.89. The molecule has 174 valence electrons. The molecule has 0 bridgehead atoms. The second-order valence-corrected chi connectivity index (χ2v) is 8.42. The number of alkyl halides is 3. The first-order valence-corrected chi connectivity index (χ1v) is 11.1. The lowest BCUT2D eigenvalue weighted by Crippen LogP contribution is -2.50. The first kappa shape index (κ1) is 23.3. The van der Waals surface area contributed by atoms with Gasteiger partial charge in [-0.15, -0.1) is 0 Å². The molecule has 1 fully saturated rings. The van der Waals surface area contributed by atoms with Crippen LogP contribution in [0.1, 0.15) is 29.7 Å². The van der Waals surface area contributed by atoms with Crippen LogP contribution in [0.4, 0.5) is 13.2 Å². The molecule has 1 heterocycles. The second kappa shape index (κ2) is 9.93. The molecule has 3 aromatic rings. The minimum Gasteiger partial charge on any atom is -0.365 e. The monoisotopic (exact) mass is 456 g/mol. The summed E-state index contributed by atoms with van der Waals surface area (Å²) in [7, 11) is 0. The Morgan fingerprint density at radius 1 is 1.09 bits per heavy atom. The maximum absolute atomic E-state index is 12.9. The third-order valence-electron chi connectivity index (χ3n) is 6.09. The number of rotatable bonds is 7. The van der Waals surface area contributed by atoms with Crippen LogP contribution in [-0.4, -0.2) is 43.2 Å². The molecule has 0 aromatic heterocycles. The van der Waals surface area contributed by atoms with E-state index >= 15 is 0 Å².